The first-order valence-electron chi connectivity index (χ1n) is 9.45. The van der Waals surface area contributed by atoms with Crippen molar-refractivity contribution in [2.24, 2.45) is 7.05 Å². The van der Waals surface area contributed by atoms with E-state index in [1.165, 1.54) is 17.3 Å². The van der Waals surface area contributed by atoms with Gasteiger partial charge in [0.15, 0.2) is 16.8 Å². The highest BCUT2D eigenvalue weighted by Gasteiger charge is 2.38. The number of nitrogens with zero attached hydrogens (tertiary/aromatic N) is 4. The summed E-state index contributed by atoms with van der Waals surface area (Å²) in [7, 11) is 3.92. The number of carbonyl (C=O) groups excluding carboxylic acids is 1. The van der Waals surface area contributed by atoms with Gasteiger partial charge in [-0.3, -0.25) is 4.79 Å². The van der Waals surface area contributed by atoms with Gasteiger partial charge in [0.1, 0.15) is 5.76 Å². The largest absolute Gasteiger partial charge is 0.469 e. The SMILES string of the molecule is Cc1occc1-c1nnc(SCC(=O)/C=C2/N(C)c3ccccc3C2(C)C)n1C. The van der Waals surface area contributed by atoms with Crippen molar-refractivity contribution in [3.63, 3.8) is 0 Å². The van der Waals surface area contributed by atoms with E-state index in [2.05, 4.69) is 41.1 Å². The van der Waals surface area contributed by atoms with E-state index in [9.17, 15) is 4.79 Å². The van der Waals surface area contributed by atoms with E-state index in [0.717, 1.165) is 28.5 Å². The van der Waals surface area contributed by atoms with Crippen molar-refractivity contribution in [3.8, 4) is 11.4 Å². The number of furan rings is 1. The van der Waals surface area contributed by atoms with Gasteiger partial charge in [0.05, 0.1) is 17.6 Å². The van der Waals surface area contributed by atoms with Crippen LogP contribution in [0.2, 0.25) is 0 Å². The molecule has 0 unspecified atom stereocenters. The minimum atomic E-state index is -0.206. The summed E-state index contributed by atoms with van der Waals surface area (Å²) in [6.45, 7) is 6.21. The van der Waals surface area contributed by atoms with E-state index < -0.39 is 0 Å². The lowest BCUT2D eigenvalue weighted by Gasteiger charge is -2.23. The van der Waals surface area contributed by atoms with Crippen molar-refractivity contribution in [2.75, 3.05) is 17.7 Å². The van der Waals surface area contributed by atoms with Gasteiger partial charge < -0.3 is 13.9 Å². The molecule has 0 fully saturated rings. The fourth-order valence-corrected chi connectivity index (χ4v) is 4.61. The number of allylic oxidation sites excluding steroid dienone is 2. The molecule has 0 N–H and O–H groups in total. The molecule has 3 heterocycles. The Morgan fingerprint density at radius 2 is 1.97 bits per heavy atom. The monoisotopic (exact) mass is 408 g/mol. The van der Waals surface area contributed by atoms with Gasteiger partial charge in [0.2, 0.25) is 0 Å². The Hall–Kier alpha value is -2.80. The van der Waals surface area contributed by atoms with Gasteiger partial charge in [0.25, 0.3) is 0 Å². The summed E-state index contributed by atoms with van der Waals surface area (Å²) in [5.74, 6) is 1.89. The number of hydrogen-bond acceptors (Lipinski definition) is 6. The quantitative estimate of drug-likeness (QED) is 0.462. The van der Waals surface area contributed by atoms with Crippen LogP contribution in [0.15, 0.2) is 57.9 Å². The molecule has 0 saturated carbocycles. The number of aromatic nitrogens is 3. The molecule has 0 radical (unpaired) electrons. The van der Waals surface area contributed by atoms with Gasteiger partial charge in [-0.05, 0) is 24.6 Å². The van der Waals surface area contributed by atoms with Crippen molar-refractivity contribution in [1.29, 1.82) is 0 Å². The summed E-state index contributed by atoms with van der Waals surface area (Å²) in [6.07, 6.45) is 3.41. The molecule has 6 nitrogen and oxygen atoms in total. The zero-order valence-electron chi connectivity index (χ0n) is 17.3. The second-order valence-corrected chi connectivity index (χ2v) is 8.68. The molecule has 0 amide bonds. The lowest BCUT2D eigenvalue weighted by Crippen LogP contribution is -2.24. The predicted octanol–water partition coefficient (Wildman–Crippen LogP) is 4.36. The summed E-state index contributed by atoms with van der Waals surface area (Å²) in [5, 5.41) is 9.21. The highest BCUT2D eigenvalue weighted by atomic mass is 32.2. The molecular formula is C22H24N4O2S. The van der Waals surface area contributed by atoms with Crippen molar-refractivity contribution in [2.45, 2.75) is 31.3 Å². The van der Waals surface area contributed by atoms with E-state index in [1.54, 1.807) is 12.3 Å². The number of para-hydroxylation sites is 1. The Kier molecular flexibility index (Phi) is 4.86. The van der Waals surface area contributed by atoms with Crippen LogP contribution in [-0.4, -0.2) is 33.3 Å². The van der Waals surface area contributed by atoms with Crippen LogP contribution in [0.1, 0.15) is 25.2 Å². The molecule has 2 aromatic heterocycles. The van der Waals surface area contributed by atoms with Gasteiger partial charge >= 0.3 is 0 Å². The molecule has 0 aliphatic carbocycles. The maximum atomic E-state index is 12.8. The van der Waals surface area contributed by atoms with Crippen LogP contribution in [-0.2, 0) is 17.3 Å². The molecule has 0 spiro atoms. The average molecular weight is 409 g/mol. The maximum absolute atomic E-state index is 12.8. The Balaban J connectivity index is 1.50. The van der Waals surface area contributed by atoms with Crippen LogP contribution in [0, 0.1) is 6.92 Å². The highest BCUT2D eigenvalue weighted by molar-refractivity contribution is 7.99. The number of hydrogen-bond donors (Lipinski definition) is 0. The van der Waals surface area contributed by atoms with E-state index in [4.69, 9.17) is 4.42 Å². The average Bonchev–Trinajstić information content (AvgIpc) is 3.33. The maximum Gasteiger partial charge on any atom is 0.191 e. The Morgan fingerprint density at radius 3 is 2.66 bits per heavy atom. The number of benzene rings is 1. The molecule has 29 heavy (non-hydrogen) atoms. The first-order valence-corrected chi connectivity index (χ1v) is 10.4. The molecule has 1 aliphatic heterocycles. The second-order valence-electron chi connectivity index (χ2n) is 7.74. The lowest BCUT2D eigenvalue weighted by molar-refractivity contribution is -0.112. The van der Waals surface area contributed by atoms with Crippen LogP contribution in [0.25, 0.3) is 11.4 Å². The van der Waals surface area contributed by atoms with Gasteiger partial charge in [-0.1, -0.05) is 43.8 Å². The third-order valence-corrected chi connectivity index (χ3v) is 6.56. The first-order chi connectivity index (χ1) is 13.8. The summed E-state index contributed by atoms with van der Waals surface area (Å²) in [5.41, 5.74) is 4.10. The number of ketones is 1. The molecule has 1 aliphatic rings. The predicted molar refractivity (Wildman–Crippen MR) is 115 cm³/mol. The van der Waals surface area contributed by atoms with Crippen molar-refractivity contribution in [3.05, 3.63) is 59.7 Å². The summed E-state index contributed by atoms with van der Waals surface area (Å²) in [4.78, 5) is 14.9. The Labute approximate surface area is 174 Å². The zero-order chi connectivity index (χ0) is 20.8. The van der Waals surface area contributed by atoms with E-state index in [-0.39, 0.29) is 11.2 Å². The number of carbonyl (C=O) groups is 1. The number of likely N-dealkylation sites (N-methyl/N-ethyl adjacent to an activating group) is 1. The Bertz CT molecular complexity index is 1110. The van der Waals surface area contributed by atoms with Gasteiger partial charge in [-0.25, -0.2) is 0 Å². The number of anilines is 1. The van der Waals surface area contributed by atoms with E-state index in [1.807, 2.05) is 43.8 Å². The van der Waals surface area contributed by atoms with Gasteiger partial charge in [-0.15, -0.1) is 10.2 Å². The van der Waals surface area contributed by atoms with Crippen LogP contribution < -0.4 is 4.90 Å². The summed E-state index contributed by atoms with van der Waals surface area (Å²) in [6, 6.07) is 10.2. The van der Waals surface area contributed by atoms with Crippen molar-refractivity contribution < 1.29 is 9.21 Å². The molecule has 4 rings (SSSR count). The molecular weight excluding hydrogens is 384 g/mol. The van der Waals surface area contributed by atoms with Crippen molar-refractivity contribution >= 4 is 23.2 Å². The van der Waals surface area contributed by atoms with Gasteiger partial charge in [0, 0.05) is 37.0 Å². The van der Waals surface area contributed by atoms with E-state index >= 15 is 0 Å². The molecule has 7 heteroatoms. The minimum absolute atomic E-state index is 0.0572. The minimum Gasteiger partial charge on any atom is -0.469 e. The fourth-order valence-electron chi connectivity index (χ4n) is 3.88. The fraction of sp³-hybridized carbons (Fsp3) is 0.318. The van der Waals surface area contributed by atoms with Crippen LogP contribution >= 0.6 is 11.8 Å². The summed E-state index contributed by atoms with van der Waals surface area (Å²) < 4.78 is 7.25. The molecule has 3 aromatic rings. The van der Waals surface area contributed by atoms with Crippen LogP contribution in [0.3, 0.4) is 0 Å². The molecule has 0 bridgehead atoms. The number of thioether (sulfide) groups is 1. The second kappa shape index (κ2) is 7.22. The van der Waals surface area contributed by atoms with Crippen LogP contribution in [0.5, 0.6) is 0 Å². The van der Waals surface area contributed by atoms with Crippen LogP contribution in [0.4, 0.5) is 5.69 Å². The third-order valence-electron chi connectivity index (χ3n) is 5.52. The molecule has 1 aromatic carbocycles. The number of aryl methyl sites for hydroxylation is 1. The Morgan fingerprint density at radius 1 is 1.21 bits per heavy atom. The lowest BCUT2D eigenvalue weighted by atomic mass is 9.83. The topological polar surface area (TPSA) is 64.2 Å². The van der Waals surface area contributed by atoms with Crippen molar-refractivity contribution in [1.82, 2.24) is 14.8 Å². The highest BCUT2D eigenvalue weighted by Crippen LogP contribution is 2.46. The third kappa shape index (κ3) is 3.29. The normalized spacial score (nSPS) is 16.4. The number of fused-ring (bicyclic) bond motifs is 1. The number of rotatable bonds is 5. The summed E-state index contributed by atoms with van der Waals surface area (Å²) >= 11 is 1.39. The molecule has 150 valence electrons. The smallest absolute Gasteiger partial charge is 0.191 e. The zero-order valence-corrected chi connectivity index (χ0v) is 18.1. The van der Waals surface area contributed by atoms with Gasteiger partial charge in [-0.2, -0.15) is 0 Å². The molecule has 0 saturated heterocycles. The standard InChI is InChI=1S/C22H24N4O2S/c1-14-16(10-11-28-14)20-23-24-21(26(20)5)29-13-15(27)12-19-22(2,3)17-8-6-7-9-18(17)25(19)4/h6-12H,13H2,1-5H3/b19-12+. The first kappa shape index (κ1) is 19.5. The van der Waals surface area contributed by atoms with E-state index in [0.29, 0.717) is 10.9 Å². The molecule has 0 atom stereocenters.